The third-order valence-electron chi connectivity index (χ3n) is 5.93. The van der Waals surface area contributed by atoms with Crippen LogP contribution in [0.1, 0.15) is 36.8 Å². The van der Waals surface area contributed by atoms with Gasteiger partial charge in [0.25, 0.3) is 0 Å². The lowest BCUT2D eigenvalue weighted by Gasteiger charge is -2.09. The second-order valence-corrected chi connectivity index (χ2v) is 8.71. The van der Waals surface area contributed by atoms with Gasteiger partial charge in [-0.25, -0.2) is 9.78 Å². The Bertz CT molecular complexity index is 1330. The van der Waals surface area contributed by atoms with Crippen LogP contribution in [0, 0.1) is 6.92 Å². The first-order chi connectivity index (χ1) is 18.0. The van der Waals surface area contributed by atoms with Gasteiger partial charge in [0.05, 0.1) is 7.11 Å². The van der Waals surface area contributed by atoms with Crippen LogP contribution in [0.3, 0.4) is 0 Å². The van der Waals surface area contributed by atoms with E-state index in [1.807, 2.05) is 31.2 Å². The Hall–Kier alpha value is -4.26. The van der Waals surface area contributed by atoms with Gasteiger partial charge in [-0.3, -0.25) is 0 Å². The van der Waals surface area contributed by atoms with Gasteiger partial charge >= 0.3 is 5.97 Å². The lowest BCUT2D eigenvalue weighted by molar-refractivity contribution is -0.139. The molecular formula is C30H31NO6. The first-order valence-electron chi connectivity index (χ1n) is 12.3. The minimum Gasteiger partial charge on any atom is -0.497 e. The van der Waals surface area contributed by atoms with Crippen LogP contribution in [-0.4, -0.2) is 29.8 Å². The normalized spacial score (nSPS) is 10.8. The van der Waals surface area contributed by atoms with Gasteiger partial charge in [-0.2, -0.15) is 0 Å². The highest BCUT2D eigenvalue weighted by atomic mass is 16.5. The Morgan fingerprint density at radius 3 is 2.30 bits per heavy atom. The summed E-state index contributed by atoms with van der Waals surface area (Å²) in [6.45, 7) is 3.76. The number of hydrogen-bond donors (Lipinski definition) is 1. The SMILES string of the molecule is CCCCc1ccc(-c2oc(COc3ccc(OCC(=O)O)c(C)c3)nc2-c2ccc(OC)cc2)cc1. The molecule has 0 saturated heterocycles. The zero-order valence-electron chi connectivity index (χ0n) is 21.3. The van der Waals surface area contributed by atoms with Crippen LogP contribution in [0.25, 0.3) is 22.6 Å². The molecule has 0 atom stereocenters. The van der Waals surface area contributed by atoms with Crippen molar-refractivity contribution in [3.8, 4) is 39.8 Å². The fraction of sp³-hybridized carbons (Fsp3) is 0.267. The Morgan fingerprint density at radius 1 is 0.946 bits per heavy atom. The number of aliphatic carboxylic acids is 1. The van der Waals surface area contributed by atoms with Crippen molar-refractivity contribution in [2.45, 2.75) is 39.7 Å². The van der Waals surface area contributed by atoms with E-state index < -0.39 is 12.6 Å². The van der Waals surface area contributed by atoms with E-state index in [0.717, 1.165) is 47.4 Å². The maximum atomic E-state index is 10.8. The van der Waals surface area contributed by atoms with Crippen LogP contribution >= 0.6 is 0 Å². The molecule has 3 aromatic carbocycles. The van der Waals surface area contributed by atoms with E-state index in [0.29, 0.717) is 23.1 Å². The lowest BCUT2D eigenvalue weighted by Crippen LogP contribution is -2.10. The summed E-state index contributed by atoms with van der Waals surface area (Å²) in [6, 6.07) is 21.3. The molecule has 1 N–H and O–H groups in total. The second kappa shape index (κ2) is 12.1. The monoisotopic (exact) mass is 501 g/mol. The largest absolute Gasteiger partial charge is 0.497 e. The van der Waals surface area contributed by atoms with Crippen molar-refractivity contribution in [3.63, 3.8) is 0 Å². The number of carbonyl (C=O) groups is 1. The smallest absolute Gasteiger partial charge is 0.341 e. The fourth-order valence-corrected chi connectivity index (χ4v) is 3.93. The van der Waals surface area contributed by atoms with E-state index in [9.17, 15) is 4.79 Å². The molecule has 7 nitrogen and oxygen atoms in total. The minimum absolute atomic E-state index is 0.131. The third-order valence-corrected chi connectivity index (χ3v) is 5.93. The average molecular weight is 502 g/mol. The number of hydrogen-bond acceptors (Lipinski definition) is 6. The van der Waals surface area contributed by atoms with Gasteiger partial charge in [0.15, 0.2) is 19.0 Å². The van der Waals surface area contributed by atoms with Crippen molar-refractivity contribution in [2.24, 2.45) is 0 Å². The number of ether oxygens (including phenoxy) is 3. The Labute approximate surface area is 216 Å². The molecule has 0 bridgehead atoms. The first kappa shape index (κ1) is 25.8. The summed E-state index contributed by atoms with van der Waals surface area (Å²) in [5.41, 5.74) is 4.66. The van der Waals surface area contributed by atoms with Crippen molar-refractivity contribution in [3.05, 3.63) is 83.7 Å². The van der Waals surface area contributed by atoms with Gasteiger partial charge in [-0.15, -0.1) is 0 Å². The summed E-state index contributed by atoms with van der Waals surface area (Å²) in [4.78, 5) is 15.5. The Balaban J connectivity index is 1.57. The third kappa shape index (κ3) is 6.70. The van der Waals surface area contributed by atoms with Crippen molar-refractivity contribution in [1.29, 1.82) is 0 Å². The van der Waals surface area contributed by atoms with Gasteiger partial charge in [0.1, 0.15) is 22.9 Å². The molecule has 0 aliphatic heterocycles. The summed E-state index contributed by atoms with van der Waals surface area (Å²) in [5.74, 6) is 1.97. The maximum absolute atomic E-state index is 10.8. The molecule has 4 aromatic rings. The molecule has 0 unspecified atom stereocenters. The summed E-state index contributed by atoms with van der Waals surface area (Å²) in [5, 5.41) is 8.82. The minimum atomic E-state index is -1.03. The van der Waals surface area contributed by atoms with Crippen molar-refractivity contribution >= 4 is 5.97 Å². The number of carboxylic acids is 1. The van der Waals surface area contributed by atoms with E-state index in [1.165, 1.54) is 5.56 Å². The molecule has 192 valence electrons. The van der Waals surface area contributed by atoms with Crippen LogP contribution in [0.15, 0.2) is 71.1 Å². The van der Waals surface area contributed by atoms with Crippen LogP contribution in [-0.2, 0) is 17.8 Å². The molecule has 1 heterocycles. The highest BCUT2D eigenvalue weighted by molar-refractivity contribution is 5.77. The molecule has 1 aromatic heterocycles. The first-order valence-corrected chi connectivity index (χ1v) is 12.3. The Morgan fingerprint density at radius 2 is 1.65 bits per heavy atom. The lowest BCUT2D eigenvalue weighted by atomic mass is 10.0. The number of nitrogens with zero attached hydrogens (tertiary/aromatic N) is 1. The molecule has 37 heavy (non-hydrogen) atoms. The second-order valence-electron chi connectivity index (χ2n) is 8.71. The average Bonchev–Trinajstić information content (AvgIpc) is 3.34. The topological polar surface area (TPSA) is 91.0 Å². The summed E-state index contributed by atoms with van der Waals surface area (Å²) >= 11 is 0. The van der Waals surface area contributed by atoms with E-state index >= 15 is 0 Å². The number of oxazole rings is 1. The Kier molecular flexibility index (Phi) is 8.46. The quantitative estimate of drug-likeness (QED) is 0.231. The van der Waals surface area contributed by atoms with Gasteiger partial charge in [0, 0.05) is 11.1 Å². The van der Waals surface area contributed by atoms with E-state index in [1.54, 1.807) is 25.3 Å². The van der Waals surface area contributed by atoms with Crippen molar-refractivity contribution in [2.75, 3.05) is 13.7 Å². The highest BCUT2D eigenvalue weighted by Crippen LogP contribution is 2.34. The molecule has 0 saturated carbocycles. The molecule has 0 aliphatic rings. The molecule has 0 fully saturated rings. The number of rotatable bonds is 12. The summed E-state index contributed by atoms with van der Waals surface area (Å²) < 4.78 is 22.7. The predicted octanol–water partition coefficient (Wildman–Crippen LogP) is 6.71. The van der Waals surface area contributed by atoms with Crippen LogP contribution in [0.5, 0.6) is 17.2 Å². The molecule has 4 rings (SSSR count). The molecule has 0 radical (unpaired) electrons. The number of methoxy groups -OCH3 is 1. The van der Waals surface area contributed by atoms with Crippen molar-refractivity contribution < 1.29 is 28.5 Å². The zero-order chi connectivity index (χ0) is 26.2. The van der Waals surface area contributed by atoms with E-state index in [2.05, 4.69) is 31.2 Å². The summed E-state index contributed by atoms with van der Waals surface area (Å²) in [6.07, 6.45) is 3.37. The predicted molar refractivity (Wildman–Crippen MR) is 141 cm³/mol. The molecule has 0 aliphatic carbocycles. The van der Waals surface area contributed by atoms with Gasteiger partial charge in [0.2, 0.25) is 5.89 Å². The highest BCUT2D eigenvalue weighted by Gasteiger charge is 2.18. The number of benzene rings is 3. The van der Waals surface area contributed by atoms with Crippen LogP contribution in [0.2, 0.25) is 0 Å². The molecular weight excluding hydrogens is 470 g/mol. The van der Waals surface area contributed by atoms with Gasteiger partial charge < -0.3 is 23.7 Å². The van der Waals surface area contributed by atoms with Gasteiger partial charge in [-0.1, -0.05) is 37.6 Å². The summed E-state index contributed by atoms with van der Waals surface area (Å²) in [7, 11) is 1.64. The molecule has 7 heteroatoms. The molecule has 0 spiro atoms. The number of aromatic nitrogens is 1. The van der Waals surface area contributed by atoms with Crippen molar-refractivity contribution in [1.82, 2.24) is 4.98 Å². The van der Waals surface area contributed by atoms with Gasteiger partial charge in [-0.05, 0) is 73.4 Å². The number of aryl methyl sites for hydroxylation is 2. The number of carboxylic acid groups (broad SMARTS) is 1. The molecule has 0 amide bonds. The van der Waals surface area contributed by atoms with Crippen LogP contribution in [0.4, 0.5) is 0 Å². The van der Waals surface area contributed by atoms with E-state index in [-0.39, 0.29) is 6.61 Å². The fourth-order valence-electron chi connectivity index (χ4n) is 3.93. The number of unbranched alkanes of at least 4 members (excludes halogenated alkanes) is 1. The van der Waals surface area contributed by atoms with Crippen LogP contribution < -0.4 is 14.2 Å². The standard InChI is InChI=1S/C30H31NO6/c1-4-5-6-21-7-9-23(10-8-21)30-29(22-11-13-24(34-3)14-12-22)31-27(37-30)18-35-25-15-16-26(20(2)17-25)36-19-28(32)33/h7-17H,4-6,18-19H2,1-3H3,(H,32,33). The van der Waals surface area contributed by atoms with E-state index in [4.69, 9.17) is 28.7 Å². The maximum Gasteiger partial charge on any atom is 0.341 e. The zero-order valence-corrected chi connectivity index (χ0v) is 21.3.